The Morgan fingerprint density at radius 2 is 1.33 bits per heavy atom. The van der Waals surface area contributed by atoms with Crippen LogP contribution in [0.25, 0.3) is 0 Å². The fourth-order valence-electron chi connectivity index (χ4n) is 3.16. The highest BCUT2D eigenvalue weighted by atomic mass is 31.2. The molecule has 0 bridgehead atoms. The van der Waals surface area contributed by atoms with Crippen LogP contribution in [-0.4, -0.2) is 15.4 Å². The van der Waals surface area contributed by atoms with Gasteiger partial charge in [-0.15, -0.1) is 0 Å². The second-order valence-corrected chi connectivity index (χ2v) is 7.00. The molecule has 0 fully saturated rings. The van der Waals surface area contributed by atoms with E-state index in [1.165, 1.54) is 0 Å². The molecule has 0 atom stereocenters. The molecule has 0 amide bonds. The zero-order valence-electron chi connectivity index (χ0n) is 14.3. The normalized spacial score (nSPS) is 11.8. The van der Waals surface area contributed by atoms with Gasteiger partial charge in [-0.2, -0.15) is 0 Å². The summed E-state index contributed by atoms with van der Waals surface area (Å²) in [6.45, 7) is 2.17. The van der Waals surface area contributed by atoms with Crippen molar-refractivity contribution in [3.63, 3.8) is 0 Å². The van der Waals surface area contributed by atoms with Crippen molar-refractivity contribution in [1.29, 1.82) is 0 Å². The van der Waals surface area contributed by atoms with E-state index < -0.39 is 14.2 Å². The predicted molar refractivity (Wildman–Crippen MR) is 99.6 cm³/mol. The fraction of sp³-hybridized carbons (Fsp3) is 0.400. The first-order valence-electron chi connectivity index (χ1n) is 8.58. The summed E-state index contributed by atoms with van der Waals surface area (Å²) < 4.78 is 5.77. The van der Waals surface area contributed by atoms with E-state index in [2.05, 4.69) is 31.2 Å². The molecular weight excluding hydrogens is 319 g/mol. The van der Waals surface area contributed by atoms with Gasteiger partial charge in [0.2, 0.25) is 0 Å². The Bertz CT molecular complexity index is 530. The molecule has 2 N–H and O–H groups in total. The summed E-state index contributed by atoms with van der Waals surface area (Å²) in [5.41, 5.74) is 1.72. The molecule has 24 heavy (non-hydrogen) atoms. The molecule has 0 aliphatic carbocycles. The first kappa shape index (κ1) is 19.1. The lowest BCUT2D eigenvalue weighted by Gasteiger charge is -2.34. The van der Waals surface area contributed by atoms with Gasteiger partial charge in [0.15, 0.2) is 0 Å². The van der Waals surface area contributed by atoms with E-state index in [1.807, 2.05) is 36.4 Å². The van der Waals surface area contributed by atoms with Crippen molar-refractivity contribution in [3.8, 4) is 0 Å². The Labute approximate surface area is 146 Å². The Hall–Kier alpha value is -1.25. The third kappa shape index (κ3) is 6.33. The van der Waals surface area contributed by atoms with E-state index in [4.69, 9.17) is 4.52 Å². The molecule has 2 aromatic carbocycles. The van der Waals surface area contributed by atoms with Crippen LogP contribution in [0.4, 0.5) is 0 Å². The lowest BCUT2D eigenvalue weighted by atomic mass is 9.84. The van der Waals surface area contributed by atoms with Crippen LogP contribution < -0.4 is 0 Å². The van der Waals surface area contributed by atoms with Gasteiger partial charge in [0.25, 0.3) is 0 Å². The molecule has 0 unspecified atom stereocenters. The molecule has 0 heterocycles. The largest absolute Gasteiger partial charge is 0.328 e. The van der Waals surface area contributed by atoms with Crippen molar-refractivity contribution >= 4 is 8.60 Å². The minimum Gasteiger partial charge on any atom is -0.328 e. The first-order chi connectivity index (χ1) is 11.6. The predicted octanol–water partition coefficient (Wildman–Crippen LogP) is 5.02. The molecule has 0 aromatic heterocycles. The highest BCUT2D eigenvalue weighted by molar-refractivity contribution is 7.39. The van der Waals surface area contributed by atoms with Crippen molar-refractivity contribution in [3.05, 3.63) is 71.8 Å². The highest BCUT2D eigenvalue weighted by Crippen LogP contribution is 2.40. The lowest BCUT2D eigenvalue weighted by molar-refractivity contribution is 0.0434. The maximum Gasteiger partial charge on any atom is 0.327 e. The van der Waals surface area contributed by atoms with Crippen LogP contribution in [0.5, 0.6) is 0 Å². The van der Waals surface area contributed by atoms with E-state index >= 15 is 0 Å². The Morgan fingerprint density at radius 3 is 1.75 bits per heavy atom. The van der Waals surface area contributed by atoms with E-state index in [1.54, 1.807) is 0 Å². The molecule has 0 spiro atoms. The second kappa shape index (κ2) is 9.90. The summed E-state index contributed by atoms with van der Waals surface area (Å²) in [4.78, 5) is 19.2. The van der Waals surface area contributed by atoms with Crippen LogP contribution in [0.2, 0.25) is 0 Å². The van der Waals surface area contributed by atoms with Gasteiger partial charge >= 0.3 is 8.60 Å². The van der Waals surface area contributed by atoms with Crippen LogP contribution in [0.3, 0.4) is 0 Å². The number of hydrogen-bond donors (Lipinski definition) is 2. The van der Waals surface area contributed by atoms with Crippen LogP contribution in [-0.2, 0) is 17.4 Å². The van der Waals surface area contributed by atoms with E-state index in [0.29, 0.717) is 12.8 Å². The molecule has 130 valence electrons. The molecule has 0 aliphatic rings. The molecule has 3 nitrogen and oxygen atoms in total. The summed E-state index contributed by atoms with van der Waals surface area (Å²) in [7, 11) is -2.40. The highest BCUT2D eigenvalue weighted by Gasteiger charge is 2.34. The van der Waals surface area contributed by atoms with Crippen molar-refractivity contribution in [1.82, 2.24) is 0 Å². The van der Waals surface area contributed by atoms with E-state index in [-0.39, 0.29) is 0 Å². The van der Waals surface area contributed by atoms with Gasteiger partial charge in [-0.25, -0.2) is 0 Å². The van der Waals surface area contributed by atoms with E-state index in [9.17, 15) is 9.79 Å². The topological polar surface area (TPSA) is 49.7 Å². The SMILES string of the molecule is CCCCCC(Cc1ccccc1)(Cc1ccccc1)OP(O)O. The fourth-order valence-corrected chi connectivity index (χ4v) is 3.72. The van der Waals surface area contributed by atoms with Gasteiger partial charge in [-0.3, -0.25) is 0 Å². The van der Waals surface area contributed by atoms with Crippen LogP contribution in [0.15, 0.2) is 60.7 Å². The molecule has 0 saturated carbocycles. The van der Waals surface area contributed by atoms with Crippen LogP contribution >= 0.6 is 8.60 Å². The van der Waals surface area contributed by atoms with Gasteiger partial charge in [0.1, 0.15) is 0 Å². The lowest BCUT2D eigenvalue weighted by Crippen LogP contribution is -2.36. The van der Waals surface area contributed by atoms with Gasteiger partial charge < -0.3 is 14.3 Å². The minimum absolute atomic E-state index is 0.590. The summed E-state index contributed by atoms with van der Waals surface area (Å²) in [6, 6.07) is 20.3. The summed E-state index contributed by atoms with van der Waals surface area (Å²) >= 11 is 0. The van der Waals surface area contributed by atoms with Crippen LogP contribution in [0, 0.1) is 0 Å². The van der Waals surface area contributed by atoms with Gasteiger partial charge in [0.05, 0.1) is 5.60 Å². The summed E-state index contributed by atoms with van der Waals surface area (Å²) in [5.74, 6) is 0. The average Bonchev–Trinajstić information content (AvgIpc) is 2.56. The number of unbranched alkanes of at least 4 members (excludes halogenated alkanes) is 2. The standard InChI is InChI=1S/C20H27O3P/c1-2-3-10-15-20(23-24(21)22,16-18-11-6-4-7-12-18)17-19-13-8-5-9-14-19/h4-9,11-14,21-22H,2-3,10,15-17H2,1H3. The zero-order chi connectivity index (χ0) is 17.3. The van der Waals surface area contributed by atoms with Crippen molar-refractivity contribution in [2.45, 2.75) is 51.0 Å². The molecular formula is C20H27O3P. The molecule has 2 rings (SSSR count). The third-order valence-corrected chi connectivity index (χ3v) is 4.80. The van der Waals surface area contributed by atoms with E-state index in [0.717, 1.165) is 36.8 Å². The number of hydrogen-bond acceptors (Lipinski definition) is 3. The Balaban J connectivity index is 2.26. The van der Waals surface area contributed by atoms with Crippen molar-refractivity contribution in [2.75, 3.05) is 0 Å². The van der Waals surface area contributed by atoms with Crippen molar-refractivity contribution < 1.29 is 14.3 Å². The number of benzene rings is 2. The molecule has 0 aliphatic heterocycles. The van der Waals surface area contributed by atoms with Gasteiger partial charge in [-0.1, -0.05) is 86.8 Å². The molecule has 0 saturated heterocycles. The maximum absolute atomic E-state index is 9.60. The van der Waals surface area contributed by atoms with Crippen molar-refractivity contribution in [2.24, 2.45) is 0 Å². The van der Waals surface area contributed by atoms with Gasteiger partial charge in [-0.05, 0) is 17.5 Å². The summed E-state index contributed by atoms with van der Waals surface area (Å²) in [6.07, 6.45) is 5.41. The molecule has 4 heteroatoms. The minimum atomic E-state index is -2.40. The summed E-state index contributed by atoms with van der Waals surface area (Å²) in [5, 5.41) is 0. The quantitative estimate of drug-likeness (QED) is 0.469. The zero-order valence-corrected chi connectivity index (χ0v) is 15.2. The Kier molecular flexibility index (Phi) is 7.87. The smallest absolute Gasteiger partial charge is 0.327 e. The number of rotatable bonds is 10. The molecule has 0 radical (unpaired) electrons. The Morgan fingerprint density at radius 1 is 0.833 bits per heavy atom. The molecule has 2 aromatic rings. The monoisotopic (exact) mass is 346 g/mol. The third-order valence-electron chi connectivity index (χ3n) is 4.25. The average molecular weight is 346 g/mol. The second-order valence-electron chi connectivity index (χ2n) is 6.31. The van der Waals surface area contributed by atoms with Crippen LogP contribution in [0.1, 0.15) is 43.7 Å². The first-order valence-corrected chi connectivity index (χ1v) is 9.75. The maximum atomic E-state index is 9.60. The van der Waals surface area contributed by atoms with Gasteiger partial charge in [0, 0.05) is 12.8 Å².